The van der Waals surface area contributed by atoms with Gasteiger partial charge in [0.1, 0.15) is 29.3 Å². The normalized spacial score (nSPS) is 10.0. The van der Waals surface area contributed by atoms with Crippen LogP contribution in [0.2, 0.25) is 0 Å². The van der Waals surface area contributed by atoms with Crippen molar-refractivity contribution >= 4 is 0 Å². The zero-order valence-corrected chi connectivity index (χ0v) is 15.1. The summed E-state index contributed by atoms with van der Waals surface area (Å²) in [5.41, 5.74) is 0.114. The van der Waals surface area contributed by atoms with E-state index in [1.807, 2.05) is 13.8 Å². The van der Waals surface area contributed by atoms with Crippen LogP contribution in [-0.4, -0.2) is 0 Å². The highest BCUT2D eigenvalue weighted by Gasteiger charge is 2.17. The van der Waals surface area contributed by atoms with E-state index in [0.717, 1.165) is 24.3 Å². The summed E-state index contributed by atoms with van der Waals surface area (Å²) in [6.07, 6.45) is 0. The maximum absolute atomic E-state index is 14.5. The molecule has 0 unspecified atom stereocenters. The first-order valence-electron chi connectivity index (χ1n) is 8.36. The molecule has 3 aromatic rings. The number of benzene rings is 3. The fourth-order valence-electron chi connectivity index (χ4n) is 2.62. The molecule has 0 aliphatic heterocycles. The highest BCUT2D eigenvalue weighted by Crippen LogP contribution is 2.33. The van der Waals surface area contributed by atoms with Crippen LogP contribution in [0, 0.1) is 41.5 Å². The second-order valence-electron chi connectivity index (χ2n) is 5.60. The zero-order valence-electron chi connectivity index (χ0n) is 15.1. The second kappa shape index (κ2) is 8.50. The Kier molecular flexibility index (Phi) is 6.36. The van der Waals surface area contributed by atoms with E-state index in [1.54, 1.807) is 19.1 Å². The predicted molar refractivity (Wildman–Crippen MR) is 97.9 cm³/mol. The van der Waals surface area contributed by atoms with Gasteiger partial charge in [0.05, 0.1) is 11.1 Å². The smallest absolute Gasteiger partial charge is 0.141 e. The van der Waals surface area contributed by atoms with E-state index in [4.69, 9.17) is 5.26 Å². The Labute approximate surface area is 155 Å². The first-order valence-corrected chi connectivity index (χ1v) is 8.36. The second-order valence-corrected chi connectivity index (χ2v) is 5.60. The van der Waals surface area contributed by atoms with Crippen LogP contribution < -0.4 is 0 Å². The lowest BCUT2D eigenvalue weighted by Crippen LogP contribution is -1.95. The van der Waals surface area contributed by atoms with Crippen molar-refractivity contribution in [3.05, 3.63) is 82.9 Å². The van der Waals surface area contributed by atoms with Gasteiger partial charge in [-0.2, -0.15) is 5.26 Å². The summed E-state index contributed by atoms with van der Waals surface area (Å²) in [7, 11) is 0. The number of nitrogens with zero attached hydrogens (tertiary/aromatic N) is 1. The number of hydrogen-bond acceptors (Lipinski definition) is 1. The fourth-order valence-corrected chi connectivity index (χ4v) is 2.62. The molecular formula is C22H17F4N. The van der Waals surface area contributed by atoms with Crippen molar-refractivity contribution in [2.75, 3.05) is 0 Å². The SMILES string of the molecule is CC.Cc1ccc(-c2cc(F)c(-c3ccc(C#N)c(F)c3)c(F)c2)c(F)c1. The van der Waals surface area contributed by atoms with Gasteiger partial charge in [-0.1, -0.05) is 32.0 Å². The van der Waals surface area contributed by atoms with E-state index in [2.05, 4.69) is 0 Å². The van der Waals surface area contributed by atoms with Crippen LogP contribution in [0.1, 0.15) is 25.0 Å². The first kappa shape index (κ1) is 20.2. The Balaban J connectivity index is 0.00000126. The maximum Gasteiger partial charge on any atom is 0.141 e. The van der Waals surface area contributed by atoms with E-state index in [-0.39, 0.29) is 22.3 Å². The molecule has 0 fully saturated rings. The molecule has 3 aromatic carbocycles. The summed E-state index contributed by atoms with van der Waals surface area (Å²) >= 11 is 0. The monoisotopic (exact) mass is 371 g/mol. The molecule has 5 heteroatoms. The third kappa shape index (κ3) is 4.17. The molecule has 0 saturated carbocycles. The molecule has 0 atom stereocenters. The van der Waals surface area contributed by atoms with Gasteiger partial charge in [0.2, 0.25) is 0 Å². The van der Waals surface area contributed by atoms with Crippen LogP contribution in [0.4, 0.5) is 17.6 Å². The third-order valence-electron chi connectivity index (χ3n) is 3.86. The predicted octanol–water partition coefficient (Wildman–Crippen LogP) is 6.78. The fraction of sp³-hybridized carbons (Fsp3) is 0.136. The van der Waals surface area contributed by atoms with Gasteiger partial charge in [0, 0.05) is 5.56 Å². The van der Waals surface area contributed by atoms with Crippen LogP contribution >= 0.6 is 0 Å². The minimum Gasteiger partial charge on any atom is -0.206 e. The number of hydrogen-bond donors (Lipinski definition) is 0. The Hall–Kier alpha value is -3.13. The lowest BCUT2D eigenvalue weighted by molar-refractivity contribution is 0.588. The Morgan fingerprint density at radius 3 is 1.81 bits per heavy atom. The Morgan fingerprint density at radius 1 is 0.704 bits per heavy atom. The van der Waals surface area contributed by atoms with E-state index in [1.165, 1.54) is 18.2 Å². The Bertz CT molecular complexity index is 996. The van der Waals surface area contributed by atoms with E-state index in [0.29, 0.717) is 5.56 Å². The average molecular weight is 371 g/mol. The summed E-state index contributed by atoms with van der Waals surface area (Å²) in [5, 5.41) is 8.72. The number of nitriles is 1. The lowest BCUT2D eigenvalue weighted by Gasteiger charge is -2.10. The van der Waals surface area contributed by atoms with Crippen LogP contribution in [0.25, 0.3) is 22.3 Å². The first-order chi connectivity index (χ1) is 12.9. The van der Waals surface area contributed by atoms with Gasteiger partial charge in [-0.05, 0) is 53.9 Å². The van der Waals surface area contributed by atoms with Crippen LogP contribution in [0.5, 0.6) is 0 Å². The molecule has 0 spiro atoms. The molecule has 27 heavy (non-hydrogen) atoms. The molecule has 0 N–H and O–H groups in total. The summed E-state index contributed by atoms with van der Waals surface area (Å²) in [4.78, 5) is 0. The van der Waals surface area contributed by atoms with Gasteiger partial charge in [0.15, 0.2) is 0 Å². The number of rotatable bonds is 2. The van der Waals surface area contributed by atoms with Crippen molar-refractivity contribution in [3.8, 4) is 28.3 Å². The summed E-state index contributed by atoms with van der Waals surface area (Å²) in [6, 6.07) is 11.3. The molecule has 1 nitrogen and oxygen atoms in total. The molecule has 0 aliphatic carbocycles. The molecular weight excluding hydrogens is 354 g/mol. The summed E-state index contributed by atoms with van der Waals surface area (Å²) in [6.45, 7) is 5.70. The van der Waals surface area contributed by atoms with Gasteiger partial charge >= 0.3 is 0 Å². The molecule has 3 rings (SSSR count). The van der Waals surface area contributed by atoms with Crippen LogP contribution in [-0.2, 0) is 0 Å². The summed E-state index contributed by atoms with van der Waals surface area (Å²) < 4.78 is 56.7. The van der Waals surface area contributed by atoms with Gasteiger partial charge in [-0.3, -0.25) is 0 Å². The molecule has 0 bridgehead atoms. The molecule has 0 saturated heterocycles. The van der Waals surface area contributed by atoms with E-state index < -0.39 is 28.8 Å². The van der Waals surface area contributed by atoms with Gasteiger partial charge in [0.25, 0.3) is 0 Å². The van der Waals surface area contributed by atoms with Crippen molar-refractivity contribution in [3.63, 3.8) is 0 Å². The molecule has 0 aliphatic rings. The maximum atomic E-state index is 14.5. The van der Waals surface area contributed by atoms with Crippen molar-refractivity contribution in [2.24, 2.45) is 0 Å². The Morgan fingerprint density at radius 2 is 1.30 bits per heavy atom. The quantitative estimate of drug-likeness (QED) is 0.455. The number of aryl methyl sites for hydroxylation is 1. The van der Waals surface area contributed by atoms with Gasteiger partial charge in [-0.25, -0.2) is 17.6 Å². The topological polar surface area (TPSA) is 23.8 Å². The third-order valence-corrected chi connectivity index (χ3v) is 3.86. The highest BCUT2D eigenvalue weighted by atomic mass is 19.1. The average Bonchev–Trinajstić information content (AvgIpc) is 2.63. The van der Waals surface area contributed by atoms with Crippen molar-refractivity contribution < 1.29 is 17.6 Å². The van der Waals surface area contributed by atoms with Crippen LogP contribution in [0.3, 0.4) is 0 Å². The minimum absolute atomic E-state index is 0.0394. The molecule has 0 heterocycles. The minimum atomic E-state index is -0.945. The molecule has 0 aromatic heterocycles. The largest absolute Gasteiger partial charge is 0.206 e. The van der Waals surface area contributed by atoms with Crippen molar-refractivity contribution in [1.82, 2.24) is 0 Å². The molecule has 0 amide bonds. The van der Waals surface area contributed by atoms with E-state index >= 15 is 0 Å². The highest BCUT2D eigenvalue weighted by molar-refractivity contribution is 5.72. The van der Waals surface area contributed by atoms with Gasteiger partial charge in [-0.15, -0.1) is 0 Å². The number of halogens is 4. The van der Waals surface area contributed by atoms with Crippen molar-refractivity contribution in [1.29, 1.82) is 5.26 Å². The van der Waals surface area contributed by atoms with Gasteiger partial charge < -0.3 is 0 Å². The summed E-state index contributed by atoms with van der Waals surface area (Å²) in [5.74, 6) is -3.35. The van der Waals surface area contributed by atoms with Crippen molar-refractivity contribution in [2.45, 2.75) is 20.8 Å². The van der Waals surface area contributed by atoms with E-state index in [9.17, 15) is 17.6 Å². The lowest BCUT2D eigenvalue weighted by atomic mass is 9.97. The molecule has 0 radical (unpaired) electrons. The molecule has 138 valence electrons. The van der Waals surface area contributed by atoms with Crippen LogP contribution in [0.15, 0.2) is 48.5 Å². The zero-order chi connectivity index (χ0) is 20.1. The standard InChI is InChI=1S/C20H11F4N.C2H6/c1-11-2-5-15(17(22)6-11)14-8-18(23)20(19(24)9-14)12-3-4-13(10-25)16(21)7-12;1-2/h2-9H,1H3;1-2H3.